The molecule has 4 heteroatoms. The molecule has 1 amide bonds. The molecule has 1 heterocycles. The summed E-state index contributed by atoms with van der Waals surface area (Å²) in [6.45, 7) is 3.70. The fourth-order valence-electron chi connectivity index (χ4n) is 3.10. The molecule has 2 aromatic rings. The molecule has 1 atom stereocenters. The summed E-state index contributed by atoms with van der Waals surface area (Å²) in [5, 5.41) is 3.08. The van der Waals surface area contributed by atoms with E-state index in [4.69, 9.17) is 0 Å². The first-order valence-corrected chi connectivity index (χ1v) is 9.84. The van der Waals surface area contributed by atoms with Crippen LogP contribution in [0.25, 0.3) is 5.57 Å². The average molecular weight is 353 g/mol. The molecule has 1 N–H and O–H groups in total. The Balaban J connectivity index is 1.63. The van der Waals surface area contributed by atoms with Gasteiger partial charge in [-0.25, -0.2) is 0 Å². The van der Waals surface area contributed by atoms with Crippen LogP contribution >= 0.6 is 11.8 Å². The van der Waals surface area contributed by atoms with Crippen molar-refractivity contribution in [3.8, 4) is 0 Å². The highest BCUT2D eigenvalue weighted by atomic mass is 32.2. The van der Waals surface area contributed by atoms with E-state index in [1.165, 1.54) is 11.1 Å². The lowest BCUT2D eigenvalue weighted by molar-refractivity contribution is -0.120. The molecular weight excluding hydrogens is 328 g/mol. The van der Waals surface area contributed by atoms with Gasteiger partial charge < -0.3 is 5.32 Å². The van der Waals surface area contributed by atoms with E-state index in [1.807, 2.05) is 43.5 Å². The maximum Gasteiger partial charge on any atom is 0.241 e. The number of hydrogen-bond donors (Lipinski definition) is 1. The molecule has 1 aliphatic heterocycles. The summed E-state index contributed by atoms with van der Waals surface area (Å²) in [5.41, 5.74) is 3.55. The number of benzene rings is 2. The Bertz CT molecular complexity index is 758. The Hall–Kier alpha value is -2.04. The topological polar surface area (TPSA) is 32.3 Å². The molecule has 25 heavy (non-hydrogen) atoms. The summed E-state index contributed by atoms with van der Waals surface area (Å²) in [6.07, 6.45) is 5.25. The van der Waals surface area contributed by atoms with Crippen molar-refractivity contribution in [2.75, 3.05) is 24.7 Å². The Morgan fingerprint density at radius 2 is 1.84 bits per heavy atom. The third-order valence-corrected chi connectivity index (χ3v) is 5.47. The first kappa shape index (κ1) is 17.8. The Morgan fingerprint density at radius 3 is 2.52 bits per heavy atom. The molecule has 1 unspecified atom stereocenters. The molecular formula is C21H24N2OS. The number of nitrogens with one attached hydrogen (secondary N) is 1. The minimum Gasteiger partial charge on any atom is -0.324 e. The van der Waals surface area contributed by atoms with Crippen LogP contribution in [-0.4, -0.2) is 36.2 Å². The fourth-order valence-corrected chi connectivity index (χ4v) is 3.66. The maximum absolute atomic E-state index is 12.6. The summed E-state index contributed by atoms with van der Waals surface area (Å²) in [6, 6.07) is 18.3. The molecule has 0 saturated carbocycles. The van der Waals surface area contributed by atoms with Crippen LogP contribution in [0.3, 0.4) is 0 Å². The van der Waals surface area contributed by atoms with Gasteiger partial charge in [-0.15, -0.1) is 11.8 Å². The number of thioether (sulfide) groups is 1. The van der Waals surface area contributed by atoms with Gasteiger partial charge in [0.25, 0.3) is 0 Å². The fraction of sp³-hybridized carbons (Fsp3) is 0.286. The van der Waals surface area contributed by atoms with Gasteiger partial charge in [0.1, 0.15) is 0 Å². The molecule has 2 aromatic carbocycles. The van der Waals surface area contributed by atoms with Crippen LogP contribution in [0.5, 0.6) is 0 Å². The number of rotatable bonds is 5. The maximum atomic E-state index is 12.6. The van der Waals surface area contributed by atoms with Gasteiger partial charge in [-0.2, -0.15) is 0 Å². The van der Waals surface area contributed by atoms with Gasteiger partial charge in [-0.3, -0.25) is 9.69 Å². The first-order valence-electron chi connectivity index (χ1n) is 8.61. The number of anilines is 1. The predicted molar refractivity (Wildman–Crippen MR) is 107 cm³/mol. The predicted octanol–water partition coefficient (Wildman–Crippen LogP) is 4.52. The van der Waals surface area contributed by atoms with Crippen LogP contribution in [0.4, 0.5) is 5.69 Å². The molecule has 3 nitrogen and oxygen atoms in total. The van der Waals surface area contributed by atoms with E-state index in [2.05, 4.69) is 40.6 Å². The molecule has 0 aromatic heterocycles. The summed E-state index contributed by atoms with van der Waals surface area (Å²) >= 11 is 1.64. The summed E-state index contributed by atoms with van der Waals surface area (Å²) in [5.74, 6) is 0.0538. The van der Waals surface area contributed by atoms with Gasteiger partial charge in [0, 0.05) is 18.0 Å². The molecule has 3 rings (SSSR count). The lowest BCUT2D eigenvalue weighted by atomic mass is 9.99. The Kier molecular flexibility index (Phi) is 5.95. The van der Waals surface area contributed by atoms with Crippen molar-refractivity contribution < 1.29 is 4.79 Å². The van der Waals surface area contributed by atoms with Crippen LogP contribution in [0, 0.1) is 0 Å². The summed E-state index contributed by atoms with van der Waals surface area (Å²) in [4.78, 5) is 16.0. The van der Waals surface area contributed by atoms with Gasteiger partial charge in [0.05, 0.1) is 11.7 Å². The van der Waals surface area contributed by atoms with E-state index in [-0.39, 0.29) is 11.9 Å². The van der Waals surface area contributed by atoms with E-state index in [0.717, 1.165) is 30.1 Å². The lowest BCUT2D eigenvalue weighted by Gasteiger charge is -2.31. The number of carbonyl (C=O) groups excluding carboxylic acids is 1. The van der Waals surface area contributed by atoms with E-state index < -0.39 is 0 Å². The van der Waals surface area contributed by atoms with Gasteiger partial charge in [0.2, 0.25) is 5.91 Å². The van der Waals surface area contributed by atoms with Gasteiger partial charge in [0.15, 0.2) is 0 Å². The van der Waals surface area contributed by atoms with Crippen LogP contribution in [0.1, 0.15) is 18.9 Å². The van der Waals surface area contributed by atoms with Crippen molar-refractivity contribution in [2.24, 2.45) is 0 Å². The second-order valence-corrected chi connectivity index (χ2v) is 7.05. The second-order valence-electron chi connectivity index (χ2n) is 6.21. The molecule has 0 saturated heterocycles. The molecule has 0 spiro atoms. The average Bonchev–Trinajstić information content (AvgIpc) is 2.68. The number of para-hydroxylation sites is 1. The summed E-state index contributed by atoms with van der Waals surface area (Å²) < 4.78 is 0. The third kappa shape index (κ3) is 4.33. The molecule has 130 valence electrons. The van der Waals surface area contributed by atoms with Crippen molar-refractivity contribution in [3.63, 3.8) is 0 Å². The van der Waals surface area contributed by atoms with Crippen LogP contribution in [0.2, 0.25) is 0 Å². The van der Waals surface area contributed by atoms with Crippen molar-refractivity contribution in [3.05, 3.63) is 66.2 Å². The normalized spacial score (nSPS) is 16.2. The number of amides is 1. The van der Waals surface area contributed by atoms with Crippen molar-refractivity contribution in [1.82, 2.24) is 4.90 Å². The quantitative estimate of drug-likeness (QED) is 0.803. The molecule has 0 bridgehead atoms. The highest BCUT2D eigenvalue weighted by Crippen LogP contribution is 2.26. The lowest BCUT2D eigenvalue weighted by Crippen LogP contribution is -2.44. The molecule has 0 fully saturated rings. The number of hydrogen-bond acceptors (Lipinski definition) is 3. The first-order chi connectivity index (χ1) is 12.2. The standard InChI is InChI=1S/C21H24N2OS/c1-16(21(24)22-19-10-6-7-11-20(19)25-2)23-14-12-18(13-15-23)17-8-4-3-5-9-17/h3-12,16H,13-15H2,1-2H3,(H,22,24). The second kappa shape index (κ2) is 8.37. The zero-order valence-electron chi connectivity index (χ0n) is 14.7. The molecule has 0 aliphatic carbocycles. The van der Waals surface area contributed by atoms with Crippen molar-refractivity contribution in [2.45, 2.75) is 24.3 Å². The Labute approximate surface area is 154 Å². The minimum absolute atomic E-state index is 0.0538. The SMILES string of the molecule is CSc1ccccc1NC(=O)C(C)N1CC=C(c2ccccc2)CC1. The van der Waals surface area contributed by atoms with Crippen LogP contribution in [0.15, 0.2) is 65.6 Å². The monoisotopic (exact) mass is 352 g/mol. The highest BCUT2D eigenvalue weighted by Gasteiger charge is 2.23. The van der Waals surface area contributed by atoms with E-state index in [1.54, 1.807) is 11.8 Å². The molecule has 1 aliphatic rings. The highest BCUT2D eigenvalue weighted by molar-refractivity contribution is 7.98. The minimum atomic E-state index is -0.150. The molecule has 0 radical (unpaired) electrons. The van der Waals surface area contributed by atoms with E-state index >= 15 is 0 Å². The zero-order valence-corrected chi connectivity index (χ0v) is 15.6. The van der Waals surface area contributed by atoms with Crippen molar-refractivity contribution >= 4 is 28.9 Å². The summed E-state index contributed by atoms with van der Waals surface area (Å²) in [7, 11) is 0. The van der Waals surface area contributed by atoms with Gasteiger partial charge in [-0.1, -0.05) is 48.5 Å². The largest absolute Gasteiger partial charge is 0.324 e. The third-order valence-electron chi connectivity index (χ3n) is 4.68. The number of carbonyl (C=O) groups is 1. The van der Waals surface area contributed by atoms with Crippen molar-refractivity contribution in [1.29, 1.82) is 0 Å². The Morgan fingerprint density at radius 1 is 1.12 bits per heavy atom. The van der Waals surface area contributed by atoms with Crippen LogP contribution in [-0.2, 0) is 4.79 Å². The zero-order chi connectivity index (χ0) is 17.6. The smallest absolute Gasteiger partial charge is 0.241 e. The van der Waals surface area contributed by atoms with Gasteiger partial charge in [-0.05, 0) is 42.9 Å². The van der Waals surface area contributed by atoms with Crippen LogP contribution < -0.4 is 5.32 Å². The van der Waals surface area contributed by atoms with Gasteiger partial charge >= 0.3 is 0 Å². The van der Waals surface area contributed by atoms with E-state index in [9.17, 15) is 4.79 Å². The van der Waals surface area contributed by atoms with E-state index in [0.29, 0.717) is 0 Å². The number of nitrogens with zero attached hydrogens (tertiary/aromatic N) is 1.